The molecular formula is C25H21ClN2O3. The maximum atomic E-state index is 13.4. The summed E-state index contributed by atoms with van der Waals surface area (Å²) in [5.74, 6) is -0.152. The molecule has 0 aromatic heterocycles. The van der Waals surface area contributed by atoms with Gasteiger partial charge in [-0.3, -0.25) is 9.59 Å². The van der Waals surface area contributed by atoms with Crippen LogP contribution in [0.1, 0.15) is 16.7 Å². The number of anilines is 2. The number of nitrogens with one attached hydrogen (secondary N) is 1. The third-order valence-corrected chi connectivity index (χ3v) is 5.29. The number of amides is 2. The highest BCUT2D eigenvalue weighted by molar-refractivity contribution is 6.46. The molecule has 6 heteroatoms. The second-order valence-electron chi connectivity index (χ2n) is 7.40. The zero-order valence-electron chi connectivity index (χ0n) is 17.4. The monoisotopic (exact) mass is 432 g/mol. The van der Waals surface area contributed by atoms with Gasteiger partial charge in [-0.25, -0.2) is 4.90 Å². The summed E-state index contributed by atoms with van der Waals surface area (Å²) in [7, 11) is 1.58. The van der Waals surface area contributed by atoms with Gasteiger partial charge in [0.25, 0.3) is 11.8 Å². The summed E-state index contributed by atoms with van der Waals surface area (Å²) in [5, 5.41) is 3.73. The van der Waals surface area contributed by atoms with E-state index >= 15 is 0 Å². The number of hydrogen-bond acceptors (Lipinski definition) is 4. The van der Waals surface area contributed by atoms with Crippen molar-refractivity contribution in [2.45, 2.75) is 13.8 Å². The summed E-state index contributed by atoms with van der Waals surface area (Å²) >= 11 is 5.99. The molecule has 0 radical (unpaired) electrons. The van der Waals surface area contributed by atoms with E-state index in [4.69, 9.17) is 16.3 Å². The van der Waals surface area contributed by atoms with Crippen LogP contribution in [0.3, 0.4) is 0 Å². The molecule has 0 fully saturated rings. The molecule has 0 unspecified atom stereocenters. The van der Waals surface area contributed by atoms with Crippen LogP contribution in [0.2, 0.25) is 5.02 Å². The van der Waals surface area contributed by atoms with Crippen molar-refractivity contribution < 1.29 is 14.3 Å². The Morgan fingerprint density at radius 2 is 1.45 bits per heavy atom. The lowest BCUT2D eigenvalue weighted by Crippen LogP contribution is -2.32. The summed E-state index contributed by atoms with van der Waals surface area (Å²) in [6, 6.07) is 19.6. The molecule has 0 aliphatic carbocycles. The standard InChI is InChI=1S/C25H21ClN2O3/c1-15-12-16(2)14-19(13-15)27-23-22(17-4-10-21(31-3)11-5-17)24(29)28(25(23)30)20-8-6-18(26)7-9-20/h4-14,27H,1-3H3. The van der Waals surface area contributed by atoms with Crippen LogP contribution < -0.4 is 15.0 Å². The maximum absolute atomic E-state index is 13.4. The number of rotatable bonds is 5. The second kappa shape index (κ2) is 8.28. The number of hydrogen-bond donors (Lipinski definition) is 1. The summed E-state index contributed by atoms with van der Waals surface area (Å²) in [6.45, 7) is 3.97. The molecule has 0 spiro atoms. The molecule has 0 atom stereocenters. The van der Waals surface area contributed by atoms with E-state index < -0.39 is 11.8 Å². The van der Waals surface area contributed by atoms with Crippen LogP contribution in [0.5, 0.6) is 5.75 Å². The van der Waals surface area contributed by atoms with Gasteiger partial charge in [0.1, 0.15) is 11.4 Å². The van der Waals surface area contributed by atoms with E-state index in [2.05, 4.69) is 5.32 Å². The Morgan fingerprint density at radius 3 is 2.03 bits per heavy atom. The van der Waals surface area contributed by atoms with Gasteiger partial charge >= 0.3 is 0 Å². The molecule has 1 heterocycles. The number of methoxy groups -OCH3 is 1. The Labute approximate surface area is 185 Å². The quantitative estimate of drug-likeness (QED) is 0.551. The smallest absolute Gasteiger partial charge is 0.282 e. The Hall–Kier alpha value is -3.57. The zero-order chi connectivity index (χ0) is 22.1. The fourth-order valence-corrected chi connectivity index (χ4v) is 3.81. The molecule has 0 bridgehead atoms. The van der Waals surface area contributed by atoms with E-state index in [0.717, 1.165) is 16.8 Å². The molecule has 3 aromatic rings. The molecule has 2 amide bonds. The molecule has 156 valence electrons. The number of imide groups is 1. The first-order valence-corrected chi connectivity index (χ1v) is 10.1. The number of benzene rings is 3. The first kappa shape index (κ1) is 20.7. The van der Waals surface area contributed by atoms with Gasteiger partial charge in [0.15, 0.2) is 0 Å². The Bertz CT molecular complexity index is 1180. The van der Waals surface area contributed by atoms with Crippen LogP contribution in [0.25, 0.3) is 5.57 Å². The molecule has 1 aliphatic heterocycles. The topological polar surface area (TPSA) is 58.6 Å². The minimum absolute atomic E-state index is 0.232. The van der Waals surface area contributed by atoms with Crippen molar-refractivity contribution in [1.29, 1.82) is 0 Å². The molecule has 1 aliphatic rings. The van der Waals surface area contributed by atoms with E-state index in [0.29, 0.717) is 27.6 Å². The average Bonchev–Trinajstić information content (AvgIpc) is 2.98. The van der Waals surface area contributed by atoms with Crippen LogP contribution in [0.4, 0.5) is 11.4 Å². The average molecular weight is 433 g/mol. The van der Waals surface area contributed by atoms with Crippen molar-refractivity contribution >= 4 is 40.4 Å². The lowest BCUT2D eigenvalue weighted by molar-refractivity contribution is -0.120. The normalized spacial score (nSPS) is 13.7. The number of nitrogens with zero attached hydrogens (tertiary/aromatic N) is 1. The highest BCUT2D eigenvalue weighted by Crippen LogP contribution is 2.35. The lowest BCUT2D eigenvalue weighted by Gasteiger charge is -2.15. The van der Waals surface area contributed by atoms with Crippen molar-refractivity contribution in [1.82, 2.24) is 0 Å². The fourth-order valence-electron chi connectivity index (χ4n) is 3.69. The molecule has 4 rings (SSSR count). The summed E-state index contributed by atoms with van der Waals surface area (Å²) < 4.78 is 5.22. The molecule has 31 heavy (non-hydrogen) atoms. The van der Waals surface area contributed by atoms with Crippen LogP contribution in [0, 0.1) is 13.8 Å². The largest absolute Gasteiger partial charge is 0.497 e. The van der Waals surface area contributed by atoms with Gasteiger partial charge in [0.05, 0.1) is 18.4 Å². The van der Waals surface area contributed by atoms with Crippen molar-refractivity contribution in [3.8, 4) is 5.75 Å². The van der Waals surface area contributed by atoms with Gasteiger partial charge in [-0.2, -0.15) is 0 Å². The summed E-state index contributed by atoms with van der Waals surface area (Å²) in [4.78, 5) is 28.0. The van der Waals surface area contributed by atoms with Crippen molar-refractivity contribution in [3.63, 3.8) is 0 Å². The first-order valence-electron chi connectivity index (χ1n) is 9.76. The minimum Gasteiger partial charge on any atom is -0.497 e. The van der Waals surface area contributed by atoms with Crippen LogP contribution in [0.15, 0.2) is 72.4 Å². The van der Waals surface area contributed by atoms with Gasteiger partial charge < -0.3 is 10.1 Å². The number of ether oxygens (including phenoxy) is 1. The van der Waals surface area contributed by atoms with Gasteiger partial charge in [-0.15, -0.1) is 0 Å². The van der Waals surface area contributed by atoms with Crippen LogP contribution in [-0.2, 0) is 9.59 Å². The van der Waals surface area contributed by atoms with Crippen molar-refractivity contribution in [3.05, 3.63) is 94.1 Å². The molecular weight excluding hydrogens is 412 g/mol. The number of carbonyl (C=O) groups excluding carboxylic acids is 2. The van der Waals surface area contributed by atoms with Crippen molar-refractivity contribution in [2.75, 3.05) is 17.3 Å². The molecule has 3 aromatic carbocycles. The fraction of sp³-hybridized carbons (Fsp3) is 0.120. The Morgan fingerprint density at radius 1 is 0.839 bits per heavy atom. The Kier molecular flexibility index (Phi) is 5.53. The van der Waals surface area contributed by atoms with E-state index in [1.165, 1.54) is 4.90 Å². The van der Waals surface area contributed by atoms with Gasteiger partial charge in [0.2, 0.25) is 0 Å². The van der Waals surface area contributed by atoms with E-state index in [9.17, 15) is 9.59 Å². The van der Waals surface area contributed by atoms with E-state index in [1.807, 2.05) is 32.0 Å². The highest BCUT2D eigenvalue weighted by atomic mass is 35.5. The molecule has 1 N–H and O–H groups in total. The van der Waals surface area contributed by atoms with Crippen molar-refractivity contribution in [2.24, 2.45) is 0 Å². The SMILES string of the molecule is COc1ccc(C2=C(Nc3cc(C)cc(C)c3)C(=O)N(c3ccc(Cl)cc3)C2=O)cc1. The predicted octanol–water partition coefficient (Wildman–Crippen LogP) is 5.36. The van der Waals surface area contributed by atoms with Crippen LogP contribution in [-0.4, -0.2) is 18.9 Å². The number of halogens is 1. The minimum atomic E-state index is -0.419. The molecule has 0 saturated carbocycles. The summed E-state index contributed by atoms with van der Waals surface area (Å²) in [5.41, 5.74) is 4.49. The predicted molar refractivity (Wildman–Crippen MR) is 123 cm³/mol. The second-order valence-corrected chi connectivity index (χ2v) is 7.84. The van der Waals surface area contributed by atoms with E-state index in [1.54, 1.807) is 55.6 Å². The van der Waals surface area contributed by atoms with Crippen LogP contribution >= 0.6 is 11.6 Å². The first-order chi connectivity index (χ1) is 14.9. The van der Waals surface area contributed by atoms with E-state index in [-0.39, 0.29) is 5.70 Å². The van der Waals surface area contributed by atoms with Gasteiger partial charge in [-0.05, 0) is 79.1 Å². The zero-order valence-corrected chi connectivity index (χ0v) is 18.2. The molecule has 0 saturated heterocycles. The van der Waals surface area contributed by atoms with Gasteiger partial charge in [0, 0.05) is 10.7 Å². The number of carbonyl (C=O) groups is 2. The number of aryl methyl sites for hydroxylation is 2. The Balaban J connectivity index is 1.82. The third-order valence-electron chi connectivity index (χ3n) is 5.04. The van der Waals surface area contributed by atoms with Gasteiger partial charge in [-0.1, -0.05) is 29.8 Å². The lowest BCUT2D eigenvalue weighted by atomic mass is 10.0. The summed E-state index contributed by atoms with van der Waals surface area (Å²) in [6.07, 6.45) is 0. The highest BCUT2D eigenvalue weighted by Gasteiger charge is 2.40. The maximum Gasteiger partial charge on any atom is 0.282 e. The third kappa shape index (κ3) is 4.05. The molecule has 5 nitrogen and oxygen atoms in total.